The predicted octanol–water partition coefficient (Wildman–Crippen LogP) is -0.708. The smallest absolute Gasteiger partial charge is 0.259 e. The molecule has 0 amide bonds. The summed E-state index contributed by atoms with van der Waals surface area (Å²) in [5.41, 5.74) is -2.15. The highest BCUT2D eigenvalue weighted by atomic mass is 16.2. The highest BCUT2D eigenvalue weighted by Crippen LogP contribution is 2.30. The molecule has 2 N–H and O–H groups in total. The SMILES string of the molecule is O=C=NCC1CCC(n2c(=O)[nH]c(=O)[nH]c2=O)CC1. The second-order valence-corrected chi connectivity index (χ2v) is 4.67. The van der Waals surface area contributed by atoms with Gasteiger partial charge in [0, 0.05) is 6.04 Å². The summed E-state index contributed by atoms with van der Waals surface area (Å²) >= 11 is 0. The van der Waals surface area contributed by atoms with Crippen molar-refractivity contribution in [3.8, 4) is 0 Å². The highest BCUT2D eigenvalue weighted by molar-refractivity contribution is 5.32. The van der Waals surface area contributed by atoms with Crippen LogP contribution in [0.25, 0.3) is 0 Å². The zero-order valence-corrected chi connectivity index (χ0v) is 10.2. The number of aromatic nitrogens is 3. The number of H-pyrrole nitrogens is 2. The van der Waals surface area contributed by atoms with E-state index in [1.807, 2.05) is 9.97 Å². The normalized spacial score (nSPS) is 22.7. The first-order chi connectivity index (χ1) is 9.11. The molecule has 0 bridgehead atoms. The molecular formula is C11H14N4O4. The van der Waals surface area contributed by atoms with E-state index in [9.17, 15) is 19.2 Å². The van der Waals surface area contributed by atoms with Crippen molar-refractivity contribution in [2.75, 3.05) is 6.54 Å². The number of aromatic amines is 2. The maximum atomic E-state index is 11.6. The van der Waals surface area contributed by atoms with Crippen LogP contribution in [0.15, 0.2) is 19.4 Å². The van der Waals surface area contributed by atoms with Crippen LogP contribution in [0.4, 0.5) is 0 Å². The van der Waals surface area contributed by atoms with E-state index in [-0.39, 0.29) is 12.0 Å². The fourth-order valence-corrected chi connectivity index (χ4v) is 2.52. The zero-order chi connectivity index (χ0) is 13.8. The van der Waals surface area contributed by atoms with Gasteiger partial charge in [0.25, 0.3) is 0 Å². The van der Waals surface area contributed by atoms with Gasteiger partial charge in [-0.2, -0.15) is 0 Å². The molecule has 0 aliphatic heterocycles. The number of nitrogens with zero attached hydrogens (tertiary/aromatic N) is 2. The van der Waals surface area contributed by atoms with Crippen LogP contribution in [0.2, 0.25) is 0 Å². The van der Waals surface area contributed by atoms with Gasteiger partial charge in [-0.3, -0.25) is 9.97 Å². The van der Waals surface area contributed by atoms with E-state index in [1.165, 1.54) is 6.08 Å². The number of hydrogen-bond acceptors (Lipinski definition) is 5. The van der Waals surface area contributed by atoms with Crippen LogP contribution < -0.4 is 17.1 Å². The molecule has 1 fully saturated rings. The van der Waals surface area contributed by atoms with Crippen LogP contribution in [0.5, 0.6) is 0 Å². The monoisotopic (exact) mass is 266 g/mol. The molecule has 8 nitrogen and oxygen atoms in total. The summed E-state index contributed by atoms with van der Waals surface area (Å²) < 4.78 is 1.06. The van der Waals surface area contributed by atoms with Crippen molar-refractivity contribution in [2.24, 2.45) is 10.9 Å². The first kappa shape index (κ1) is 13.2. The third kappa shape index (κ3) is 2.97. The molecule has 0 radical (unpaired) electrons. The van der Waals surface area contributed by atoms with E-state index in [1.54, 1.807) is 0 Å². The summed E-state index contributed by atoms with van der Waals surface area (Å²) in [5.74, 6) is 0.287. The molecule has 0 unspecified atom stereocenters. The maximum Gasteiger partial charge on any atom is 0.333 e. The van der Waals surface area contributed by atoms with Crippen molar-refractivity contribution < 1.29 is 4.79 Å². The first-order valence-corrected chi connectivity index (χ1v) is 6.10. The Bertz CT molecular complexity index is 622. The molecule has 1 heterocycles. The fourth-order valence-electron chi connectivity index (χ4n) is 2.52. The molecule has 19 heavy (non-hydrogen) atoms. The van der Waals surface area contributed by atoms with Crippen molar-refractivity contribution in [1.29, 1.82) is 0 Å². The number of nitrogens with one attached hydrogen (secondary N) is 2. The number of aliphatic imine (C=N–C) groups is 1. The minimum atomic E-state index is -0.791. The Morgan fingerprint density at radius 1 is 1.11 bits per heavy atom. The van der Waals surface area contributed by atoms with Crippen molar-refractivity contribution in [3.63, 3.8) is 0 Å². The van der Waals surface area contributed by atoms with Gasteiger partial charge in [0.05, 0.1) is 6.54 Å². The van der Waals surface area contributed by atoms with Gasteiger partial charge in [-0.1, -0.05) is 0 Å². The lowest BCUT2D eigenvalue weighted by molar-refractivity contribution is 0.267. The Kier molecular flexibility index (Phi) is 3.91. The van der Waals surface area contributed by atoms with E-state index < -0.39 is 17.1 Å². The Hall–Kier alpha value is -2.21. The van der Waals surface area contributed by atoms with Crippen LogP contribution in [-0.4, -0.2) is 27.2 Å². The molecule has 102 valence electrons. The average Bonchev–Trinajstić information content (AvgIpc) is 2.36. The average molecular weight is 266 g/mol. The lowest BCUT2D eigenvalue weighted by atomic mass is 9.86. The number of carbonyl (C=O) groups excluding carboxylic acids is 1. The van der Waals surface area contributed by atoms with Gasteiger partial charge < -0.3 is 0 Å². The Balaban J connectivity index is 2.14. The second kappa shape index (κ2) is 5.62. The van der Waals surface area contributed by atoms with E-state index in [2.05, 4.69) is 4.99 Å². The van der Waals surface area contributed by atoms with Crippen molar-refractivity contribution in [2.45, 2.75) is 31.7 Å². The predicted molar refractivity (Wildman–Crippen MR) is 65.9 cm³/mol. The zero-order valence-electron chi connectivity index (χ0n) is 10.2. The molecule has 2 rings (SSSR count). The molecule has 1 saturated carbocycles. The highest BCUT2D eigenvalue weighted by Gasteiger charge is 2.24. The third-order valence-electron chi connectivity index (χ3n) is 3.47. The van der Waals surface area contributed by atoms with Gasteiger partial charge in [-0.15, -0.1) is 0 Å². The lowest BCUT2D eigenvalue weighted by Gasteiger charge is -2.27. The molecule has 0 atom stereocenters. The minimum Gasteiger partial charge on any atom is -0.259 e. The molecule has 1 aliphatic carbocycles. The summed E-state index contributed by atoms with van der Waals surface area (Å²) in [6, 6.07) is -0.218. The topological polar surface area (TPSA) is 117 Å². The molecule has 1 aromatic heterocycles. The molecule has 0 saturated heterocycles. The molecule has 0 spiro atoms. The van der Waals surface area contributed by atoms with Gasteiger partial charge in [-0.05, 0) is 31.6 Å². The van der Waals surface area contributed by atoms with Gasteiger partial charge >= 0.3 is 17.1 Å². The third-order valence-corrected chi connectivity index (χ3v) is 3.47. The van der Waals surface area contributed by atoms with Crippen LogP contribution in [0.3, 0.4) is 0 Å². The minimum absolute atomic E-state index is 0.218. The van der Waals surface area contributed by atoms with Crippen LogP contribution >= 0.6 is 0 Å². The van der Waals surface area contributed by atoms with Gasteiger partial charge in [0.2, 0.25) is 6.08 Å². The van der Waals surface area contributed by atoms with E-state index in [0.29, 0.717) is 19.4 Å². The molecule has 1 aliphatic rings. The largest absolute Gasteiger partial charge is 0.333 e. The molecule has 0 aromatic carbocycles. The summed E-state index contributed by atoms with van der Waals surface area (Å²) in [6.07, 6.45) is 4.36. The van der Waals surface area contributed by atoms with E-state index >= 15 is 0 Å². The number of rotatable bonds is 3. The Labute approximate surface area is 107 Å². The van der Waals surface area contributed by atoms with Gasteiger partial charge in [-0.25, -0.2) is 28.7 Å². The maximum absolute atomic E-state index is 11.6. The summed E-state index contributed by atoms with van der Waals surface area (Å²) in [6.45, 7) is 0.438. The number of hydrogen-bond donors (Lipinski definition) is 2. The van der Waals surface area contributed by atoms with E-state index in [0.717, 1.165) is 17.4 Å². The molecule has 8 heteroatoms. The molecule has 1 aromatic rings. The lowest BCUT2D eigenvalue weighted by Crippen LogP contribution is -2.45. The van der Waals surface area contributed by atoms with E-state index in [4.69, 9.17) is 0 Å². The summed E-state index contributed by atoms with van der Waals surface area (Å²) in [4.78, 5) is 51.9. The standard InChI is InChI=1S/C11H14N4O4/c16-6-12-5-7-1-3-8(4-2-7)15-10(18)13-9(17)14-11(15)19/h7-8H,1-5H2,(H2,13,14,17,18,19). The Morgan fingerprint density at radius 3 is 2.21 bits per heavy atom. The fraction of sp³-hybridized carbons (Fsp3) is 0.636. The second-order valence-electron chi connectivity index (χ2n) is 4.67. The summed E-state index contributed by atoms with van der Waals surface area (Å²) in [7, 11) is 0. The number of isocyanates is 1. The molecular weight excluding hydrogens is 252 g/mol. The Morgan fingerprint density at radius 2 is 1.68 bits per heavy atom. The van der Waals surface area contributed by atoms with Crippen LogP contribution in [-0.2, 0) is 4.79 Å². The quantitative estimate of drug-likeness (QED) is 0.555. The van der Waals surface area contributed by atoms with Gasteiger partial charge in [0.1, 0.15) is 0 Å². The van der Waals surface area contributed by atoms with Crippen molar-refractivity contribution in [1.82, 2.24) is 14.5 Å². The van der Waals surface area contributed by atoms with Crippen molar-refractivity contribution >= 4 is 6.08 Å². The van der Waals surface area contributed by atoms with Gasteiger partial charge in [0.15, 0.2) is 0 Å². The van der Waals surface area contributed by atoms with Crippen LogP contribution in [0.1, 0.15) is 31.7 Å². The van der Waals surface area contributed by atoms with Crippen LogP contribution in [0, 0.1) is 5.92 Å². The first-order valence-electron chi connectivity index (χ1n) is 6.10. The summed E-state index contributed by atoms with van der Waals surface area (Å²) in [5, 5.41) is 0. The van der Waals surface area contributed by atoms with Crippen molar-refractivity contribution in [3.05, 3.63) is 31.5 Å².